The van der Waals surface area contributed by atoms with Gasteiger partial charge in [-0.1, -0.05) is 23.9 Å². The van der Waals surface area contributed by atoms with E-state index in [4.69, 9.17) is 0 Å². The number of imide groups is 1. The second kappa shape index (κ2) is 6.85. The van der Waals surface area contributed by atoms with Crippen LogP contribution in [0.2, 0.25) is 0 Å². The highest BCUT2D eigenvalue weighted by atomic mass is 32.2. The molecule has 2 heterocycles. The number of hydrogen-bond donors (Lipinski definition) is 2. The van der Waals surface area contributed by atoms with E-state index in [1.165, 1.54) is 29.3 Å². The number of nitrogens with one attached hydrogen (secondary N) is 1. The van der Waals surface area contributed by atoms with Crippen LogP contribution in [-0.4, -0.2) is 40.8 Å². The van der Waals surface area contributed by atoms with Crippen molar-refractivity contribution in [2.24, 2.45) is 5.10 Å². The summed E-state index contributed by atoms with van der Waals surface area (Å²) in [5, 5.41) is 16.4. The largest absolute Gasteiger partial charge is 0.478 e. The van der Waals surface area contributed by atoms with Gasteiger partial charge in [-0.25, -0.2) is 14.6 Å². The summed E-state index contributed by atoms with van der Waals surface area (Å²) in [7, 11) is 0. The summed E-state index contributed by atoms with van der Waals surface area (Å²) in [5.41, 5.74) is 0.248. The van der Waals surface area contributed by atoms with Gasteiger partial charge in [-0.3, -0.25) is 10.1 Å². The lowest BCUT2D eigenvalue weighted by Crippen LogP contribution is -2.24. The minimum Gasteiger partial charge on any atom is -0.478 e. The van der Waals surface area contributed by atoms with Crippen LogP contribution in [0.4, 0.5) is 4.79 Å². The van der Waals surface area contributed by atoms with Crippen LogP contribution in [-0.2, 0) is 4.79 Å². The van der Waals surface area contributed by atoms with Crippen LogP contribution in [0.5, 0.6) is 0 Å². The first kappa shape index (κ1) is 16.2. The van der Waals surface area contributed by atoms with Crippen molar-refractivity contribution in [1.82, 2.24) is 10.3 Å². The van der Waals surface area contributed by atoms with Gasteiger partial charge in [-0.05, 0) is 24.3 Å². The highest BCUT2D eigenvalue weighted by Crippen LogP contribution is 2.34. The molecule has 1 aliphatic heterocycles. The average Bonchev–Trinajstić information content (AvgIpc) is 3.11. The van der Waals surface area contributed by atoms with Crippen molar-refractivity contribution in [3.63, 3.8) is 0 Å². The third kappa shape index (κ3) is 3.63. The molecule has 1 aliphatic rings. The Morgan fingerprint density at radius 3 is 2.79 bits per heavy atom. The van der Waals surface area contributed by atoms with Crippen LogP contribution in [0.3, 0.4) is 0 Å². The molecule has 2 N–H and O–H groups in total. The topological polar surface area (TPSA) is 99.1 Å². The van der Waals surface area contributed by atoms with E-state index in [2.05, 4.69) is 10.4 Å². The molecule has 0 aliphatic carbocycles. The highest BCUT2D eigenvalue weighted by molar-refractivity contribution is 8.01. The number of carbonyl (C=O) groups excluding carboxylic acids is 2. The first-order valence-corrected chi connectivity index (χ1v) is 8.41. The number of carbonyl (C=O) groups is 3. The predicted molar refractivity (Wildman–Crippen MR) is 89.7 cm³/mol. The van der Waals surface area contributed by atoms with Crippen molar-refractivity contribution >= 4 is 47.2 Å². The van der Waals surface area contributed by atoms with E-state index in [0.717, 1.165) is 14.1 Å². The Labute approximate surface area is 145 Å². The zero-order valence-electron chi connectivity index (χ0n) is 12.1. The molecule has 3 rings (SSSR count). The molecule has 9 heteroatoms. The predicted octanol–water partition coefficient (Wildman–Crippen LogP) is 2.48. The number of urea groups is 1. The lowest BCUT2D eigenvalue weighted by Gasteiger charge is -2.03. The number of hydrazone groups is 1. The summed E-state index contributed by atoms with van der Waals surface area (Å²) < 4.78 is 0.895. The van der Waals surface area contributed by atoms with Gasteiger partial charge in [0.05, 0.1) is 16.0 Å². The van der Waals surface area contributed by atoms with Gasteiger partial charge in [-0.2, -0.15) is 5.10 Å². The average molecular weight is 361 g/mol. The fourth-order valence-electron chi connectivity index (χ4n) is 1.95. The minimum atomic E-state index is -0.971. The lowest BCUT2D eigenvalue weighted by molar-refractivity contribution is -0.118. The molecule has 0 unspecified atom stereocenters. The molecule has 1 aromatic carbocycles. The lowest BCUT2D eigenvalue weighted by atomic mass is 10.2. The zero-order valence-corrected chi connectivity index (χ0v) is 13.8. The number of carboxylic acid groups (broad SMARTS) is 1. The second-order valence-electron chi connectivity index (χ2n) is 4.72. The Morgan fingerprint density at radius 2 is 2.08 bits per heavy atom. The summed E-state index contributed by atoms with van der Waals surface area (Å²) in [6.07, 6.45) is 1.50. The number of amides is 3. The molecule has 3 amide bonds. The van der Waals surface area contributed by atoms with Crippen LogP contribution < -0.4 is 5.32 Å². The van der Waals surface area contributed by atoms with Gasteiger partial charge < -0.3 is 5.11 Å². The number of nitrogens with zero attached hydrogens (tertiary/aromatic N) is 2. The van der Waals surface area contributed by atoms with Crippen molar-refractivity contribution in [3.8, 4) is 0 Å². The van der Waals surface area contributed by atoms with Crippen molar-refractivity contribution in [3.05, 3.63) is 46.8 Å². The first-order chi connectivity index (χ1) is 11.5. The molecule has 122 valence electrons. The normalized spacial score (nSPS) is 14.4. The van der Waals surface area contributed by atoms with Crippen molar-refractivity contribution in [2.45, 2.75) is 9.10 Å². The molecule has 0 atom stereocenters. The second-order valence-corrected chi connectivity index (χ2v) is 7.17. The quantitative estimate of drug-likeness (QED) is 0.630. The maximum absolute atomic E-state index is 11.4. The number of thiophene rings is 1. The molecule has 24 heavy (non-hydrogen) atoms. The monoisotopic (exact) mass is 361 g/mol. The van der Waals surface area contributed by atoms with E-state index in [1.807, 2.05) is 12.1 Å². The molecule has 7 nitrogen and oxygen atoms in total. The smallest absolute Gasteiger partial charge is 0.344 e. The standard InChI is InChI=1S/C15H11N3O4S2/c19-12-8-18(15(22)17-12)16-7-9-5-6-13(23-9)24-11-4-2-1-3-10(11)14(20)21/h1-7H,8H2,(H,20,21)(H,17,19,22). The Balaban J connectivity index is 1.71. The Hall–Kier alpha value is -2.65. The van der Waals surface area contributed by atoms with E-state index in [0.29, 0.717) is 4.90 Å². The maximum atomic E-state index is 11.4. The molecule has 2 aromatic rings. The van der Waals surface area contributed by atoms with Crippen LogP contribution in [0.15, 0.2) is 50.6 Å². The third-order valence-corrected chi connectivity index (χ3v) is 5.26. The number of rotatable bonds is 5. The van der Waals surface area contributed by atoms with Gasteiger partial charge in [0.2, 0.25) is 5.91 Å². The maximum Gasteiger partial charge on any atom is 0.344 e. The van der Waals surface area contributed by atoms with Crippen molar-refractivity contribution in [1.29, 1.82) is 0 Å². The molecule has 1 aromatic heterocycles. The van der Waals surface area contributed by atoms with Gasteiger partial charge >= 0.3 is 12.0 Å². The van der Waals surface area contributed by atoms with Gasteiger partial charge in [0.15, 0.2) is 0 Å². The Morgan fingerprint density at radius 1 is 1.29 bits per heavy atom. The molecular formula is C15H11N3O4S2. The van der Waals surface area contributed by atoms with Crippen LogP contribution in [0.1, 0.15) is 15.2 Å². The number of benzene rings is 1. The van der Waals surface area contributed by atoms with E-state index >= 15 is 0 Å². The molecular weight excluding hydrogens is 350 g/mol. The van der Waals surface area contributed by atoms with Crippen molar-refractivity contribution < 1.29 is 19.5 Å². The summed E-state index contributed by atoms with van der Waals surface area (Å²) in [6, 6.07) is 9.90. The SMILES string of the molecule is O=C1CN(N=Cc2ccc(Sc3ccccc3C(=O)O)s2)C(=O)N1. The number of hydrogen-bond acceptors (Lipinski definition) is 6. The third-order valence-electron chi connectivity index (χ3n) is 3.03. The summed E-state index contributed by atoms with van der Waals surface area (Å²) in [6.45, 7) is -0.0890. The number of carboxylic acids is 1. The van der Waals surface area contributed by atoms with Crippen molar-refractivity contribution in [2.75, 3.05) is 6.54 Å². The van der Waals surface area contributed by atoms with Gasteiger partial charge in [-0.15, -0.1) is 11.3 Å². The van der Waals surface area contributed by atoms with E-state index in [9.17, 15) is 19.5 Å². The van der Waals surface area contributed by atoms with E-state index in [1.54, 1.807) is 24.3 Å². The Bertz CT molecular complexity index is 847. The van der Waals surface area contributed by atoms with E-state index in [-0.39, 0.29) is 18.0 Å². The molecule has 0 bridgehead atoms. The van der Waals surface area contributed by atoms with Gasteiger partial charge in [0.25, 0.3) is 0 Å². The van der Waals surface area contributed by atoms with Gasteiger partial charge in [0, 0.05) is 9.77 Å². The molecule has 1 saturated heterocycles. The van der Waals surface area contributed by atoms with Crippen LogP contribution >= 0.6 is 23.1 Å². The minimum absolute atomic E-state index is 0.0890. The fraction of sp³-hybridized carbons (Fsp3) is 0.0667. The molecule has 0 saturated carbocycles. The molecule has 1 fully saturated rings. The molecule has 0 radical (unpaired) electrons. The fourth-order valence-corrected chi connectivity index (χ4v) is 4.04. The molecule has 0 spiro atoms. The summed E-state index contributed by atoms with van der Waals surface area (Å²) in [5.74, 6) is -1.36. The Kier molecular flexibility index (Phi) is 4.63. The summed E-state index contributed by atoms with van der Waals surface area (Å²) in [4.78, 5) is 35.1. The summed E-state index contributed by atoms with van der Waals surface area (Å²) >= 11 is 2.76. The van der Waals surface area contributed by atoms with E-state index < -0.39 is 12.0 Å². The highest BCUT2D eigenvalue weighted by Gasteiger charge is 2.25. The van der Waals surface area contributed by atoms with Gasteiger partial charge in [0.1, 0.15) is 6.54 Å². The zero-order chi connectivity index (χ0) is 17.1. The van der Waals surface area contributed by atoms with Crippen LogP contribution in [0, 0.1) is 0 Å². The van der Waals surface area contributed by atoms with Crippen LogP contribution in [0.25, 0.3) is 0 Å². The first-order valence-electron chi connectivity index (χ1n) is 6.78. The number of aromatic carboxylic acids is 1.